The normalized spacial score (nSPS) is 11.0. The fraction of sp³-hybridized carbons (Fsp3) is 0.286. The Balaban J connectivity index is 2.00. The molecule has 3 aromatic rings. The van der Waals surface area contributed by atoms with E-state index in [0.717, 1.165) is 48.2 Å². The Labute approximate surface area is 137 Å². The molecular weight excluding hydrogens is 284 g/mol. The van der Waals surface area contributed by atoms with Crippen molar-refractivity contribution in [3.8, 4) is 0 Å². The average molecular weight is 306 g/mol. The molecule has 0 radical (unpaired) electrons. The van der Waals surface area contributed by atoms with Gasteiger partial charge < -0.3 is 4.42 Å². The van der Waals surface area contributed by atoms with Crippen LogP contribution in [0.5, 0.6) is 0 Å². The smallest absolute Gasteiger partial charge is 0.159 e. The number of carbonyl (C=O) groups excluding carboxylic acids is 1. The number of benzene rings is 2. The van der Waals surface area contributed by atoms with Crippen molar-refractivity contribution in [2.45, 2.75) is 39.5 Å². The first-order chi connectivity index (χ1) is 11.2. The van der Waals surface area contributed by atoms with Crippen LogP contribution in [0.3, 0.4) is 0 Å². The van der Waals surface area contributed by atoms with Crippen LogP contribution in [0.4, 0.5) is 0 Å². The summed E-state index contributed by atoms with van der Waals surface area (Å²) in [5.74, 6) is 1.19. The molecule has 118 valence electrons. The first-order valence-corrected chi connectivity index (χ1v) is 8.28. The third-order valence-corrected chi connectivity index (χ3v) is 4.25. The molecule has 23 heavy (non-hydrogen) atoms. The van der Waals surface area contributed by atoms with Crippen LogP contribution in [0.1, 0.15) is 53.9 Å². The fourth-order valence-electron chi connectivity index (χ4n) is 2.99. The van der Waals surface area contributed by atoms with Crippen LogP contribution in [-0.2, 0) is 12.8 Å². The molecule has 0 fully saturated rings. The van der Waals surface area contributed by atoms with Crippen molar-refractivity contribution in [3.05, 3.63) is 71.0 Å². The summed E-state index contributed by atoms with van der Waals surface area (Å²) < 4.78 is 6.08. The third kappa shape index (κ3) is 3.37. The number of hydrogen-bond donors (Lipinski definition) is 0. The van der Waals surface area contributed by atoms with Gasteiger partial charge in [0.15, 0.2) is 5.78 Å². The lowest BCUT2D eigenvalue weighted by Crippen LogP contribution is -1.96. The number of furan rings is 1. The maximum Gasteiger partial charge on any atom is 0.159 e. The van der Waals surface area contributed by atoms with Crippen molar-refractivity contribution < 1.29 is 9.21 Å². The Morgan fingerprint density at radius 2 is 1.91 bits per heavy atom. The van der Waals surface area contributed by atoms with E-state index in [0.29, 0.717) is 0 Å². The van der Waals surface area contributed by atoms with Gasteiger partial charge >= 0.3 is 0 Å². The maximum absolute atomic E-state index is 11.6. The van der Waals surface area contributed by atoms with E-state index in [2.05, 4.69) is 25.1 Å². The van der Waals surface area contributed by atoms with Crippen LogP contribution in [0.15, 0.2) is 52.9 Å². The largest absolute Gasteiger partial charge is 0.461 e. The van der Waals surface area contributed by atoms with E-state index in [1.807, 2.05) is 30.3 Å². The first kappa shape index (κ1) is 15.5. The third-order valence-electron chi connectivity index (χ3n) is 4.25. The van der Waals surface area contributed by atoms with E-state index in [1.54, 1.807) is 6.92 Å². The predicted octanol–water partition coefficient (Wildman–Crippen LogP) is 5.57. The van der Waals surface area contributed by atoms with Crippen molar-refractivity contribution >= 4 is 16.8 Å². The lowest BCUT2D eigenvalue weighted by Gasteiger charge is -2.05. The average Bonchev–Trinajstić information content (AvgIpc) is 2.91. The Hall–Kier alpha value is -2.35. The van der Waals surface area contributed by atoms with E-state index >= 15 is 0 Å². The van der Waals surface area contributed by atoms with Gasteiger partial charge in [-0.15, -0.1) is 0 Å². The van der Waals surface area contributed by atoms with Crippen molar-refractivity contribution in [3.63, 3.8) is 0 Å². The van der Waals surface area contributed by atoms with E-state index in [9.17, 15) is 4.79 Å². The maximum atomic E-state index is 11.6. The molecule has 0 spiro atoms. The highest BCUT2D eigenvalue weighted by Gasteiger charge is 2.14. The highest BCUT2D eigenvalue weighted by atomic mass is 16.3. The second kappa shape index (κ2) is 6.82. The molecule has 1 heterocycles. The molecule has 3 rings (SSSR count). The molecule has 0 aliphatic carbocycles. The number of para-hydroxylation sites is 1. The number of unbranched alkanes of at least 4 members (excludes halogenated alkanes) is 1. The highest BCUT2D eigenvalue weighted by Crippen LogP contribution is 2.29. The van der Waals surface area contributed by atoms with Gasteiger partial charge in [-0.3, -0.25) is 4.79 Å². The van der Waals surface area contributed by atoms with E-state index < -0.39 is 0 Å². The van der Waals surface area contributed by atoms with Crippen LogP contribution in [0.2, 0.25) is 0 Å². The Morgan fingerprint density at radius 3 is 2.70 bits per heavy atom. The number of hydrogen-bond acceptors (Lipinski definition) is 2. The number of ketones is 1. The molecule has 0 aliphatic heterocycles. The van der Waals surface area contributed by atoms with Crippen molar-refractivity contribution in [2.24, 2.45) is 0 Å². The minimum atomic E-state index is 0.107. The van der Waals surface area contributed by atoms with Gasteiger partial charge in [0.25, 0.3) is 0 Å². The molecule has 0 aliphatic rings. The van der Waals surface area contributed by atoms with Crippen LogP contribution in [0, 0.1) is 0 Å². The second-order valence-corrected chi connectivity index (χ2v) is 6.04. The summed E-state index contributed by atoms with van der Waals surface area (Å²) in [7, 11) is 0. The molecule has 2 aromatic carbocycles. The van der Waals surface area contributed by atoms with E-state index in [-0.39, 0.29) is 5.78 Å². The summed E-state index contributed by atoms with van der Waals surface area (Å²) in [6, 6.07) is 16.1. The number of carbonyl (C=O) groups is 1. The van der Waals surface area contributed by atoms with Crippen LogP contribution >= 0.6 is 0 Å². The molecule has 2 heteroatoms. The summed E-state index contributed by atoms with van der Waals surface area (Å²) >= 11 is 0. The number of Topliss-reactive ketones (excluding diaryl/α,β-unsaturated/α-hetero) is 1. The van der Waals surface area contributed by atoms with Gasteiger partial charge in [0.2, 0.25) is 0 Å². The standard InChI is InChI=1S/C21H22O2/c1-3-4-11-21-19(18-10-5-6-12-20(18)23-21)14-16-8-7-9-17(13-16)15(2)22/h5-10,12-13H,3-4,11,14H2,1-2H3. The minimum absolute atomic E-state index is 0.107. The lowest BCUT2D eigenvalue weighted by molar-refractivity contribution is 0.101. The van der Waals surface area contributed by atoms with Crippen LogP contribution < -0.4 is 0 Å². The summed E-state index contributed by atoms with van der Waals surface area (Å²) in [6.45, 7) is 3.80. The Kier molecular flexibility index (Phi) is 4.61. The van der Waals surface area contributed by atoms with Gasteiger partial charge in [0.1, 0.15) is 11.3 Å². The van der Waals surface area contributed by atoms with Gasteiger partial charge in [-0.1, -0.05) is 49.7 Å². The van der Waals surface area contributed by atoms with E-state index in [4.69, 9.17) is 4.42 Å². The lowest BCUT2D eigenvalue weighted by atomic mass is 9.98. The number of rotatable bonds is 6. The van der Waals surface area contributed by atoms with E-state index in [1.165, 1.54) is 10.9 Å². The van der Waals surface area contributed by atoms with Gasteiger partial charge in [0, 0.05) is 29.4 Å². The summed E-state index contributed by atoms with van der Waals surface area (Å²) in [4.78, 5) is 11.6. The molecule has 2 nitrogen and oxygen atoms in total. The molecule has 0 atom stereocenters. The van der Waals surface area contributed by atoms with Gasteiger partial charge in [-0.25, -0.2) is 0 Å². The quantitative estimate of drug-likeness (QED) is 0.557. The molecule has 0 bridgehead atoms. The molecular formula is C21H22O2. The Morgan fingerprint density at radius 1 is 1.09 bits per heavy atom. The van der Waals surface area contributed by atoms with Crippen molar-refractivity contribution in [1.29, 1.82) is 0 Å². The van der Waals surface area contributed by atoms with Crippen molar-refractivity contribution in [2.75, 3.05) is 0 Å². The summed E-state index contributed by atoms with van der Waals surface area (Å²) in [5, 5.41) is 1.19. The van der Waals surface area contributed by atoms with Crippen LogP contribution in [0.25, 0.3) is 11.0 Å². The zero-order valence-corrected chi connectivity index (χ0v) is 13.8. The molecule has 0 saturated carbocycles. The van der Waals surface area contributed by atoms with Crippen molar-refractivity contribution in [1.82, 2.24) is 0 Å². The van der Waals surface area contributed by atoms with Gasteiger partial charge in [-0.2, -0.15) is 0 Å². The molecule has 0 saturated heterocycles. The number of fused-ring (bicyclic) bond motifs is 1. The summed E-state index contributed by atoms with van der Waals surface area (Å²) in [6.07, 6.45) is 4.04. The monoisotopic (exact) mass is 306 g/mol. The zero-order chi connectivity index (χ0) is 16.2. The molecule has 0 unspecified atom stereocenters. The second-order valence-electron chi connectivity index (χ2n) is 6.04. The van der Waals surface area contributed by atoms with Crippen LogP contribution in [-0.4, -0.2) is 5.78 Å². The topological polar surface area (TPSA) is 30.2 Å². The summed E-state index contributed by atoms with van der Waals surface area (Å²) in [5.41, 5.74) is 4.14. The Bertz CT molecular complexity index is 827. The molecule has 1 aromatic heterocycles. The molecule has 0 amide bonds. The minimum Gasteiger partial charge on any atom is -0.461 e. The van der Waals surface area contributed by atoms with Gasteiger partial charge in [-0.05, 0) is 31.0 Å². The molecule has 0 N–H and O–H groups in total. The highest BCUT2D eigenvalue weighted by molar-refractivity contribution is 5.94. The van der Waals surface area contributed by atoms with Gasteiger partial charge in [0.05, 0.1) is 0 Å². The predicted molar refractivity (Wildman–Crippen MR) is 94.1 cm³/mol. The first-order valence-electron chi connectivity index (χ1n) is 8.28. The number of aryl methyl sites for hydroxylation is 1. The fourth-order valence-corrected chi connectivity index (χ4v) is 2.99. The zero-order valence-electron chi connectivity index (χ0n) is 13.8. The SMILES string of the molecule is CCCCc1oc2ccccc2c1Cc1cccc(C(C)=O)c1.